The molecule has 184 valence electrons. The molecule has 5 aromatic rings. The van der Waals surface area contributed by atoms with Crippen molar-refractivity contribution in [2.45, 2.75) is 23.7 Å². The maximum absolute atomic E-state index is 11.1. The second-order valence-corrected chi connectivity index (χ2v) is 11.6. The lowest BCUT2D eigenvalue weighted by molar-refractivity contribution is 0.709. The Kier molecular flexibility index (Phi) is 3.98. The van der Waals surface area contributed by atoms with E-state index < -0.39 is 0 Å². The quantitative estimate of drug-likeness (QED) is 0.233. The highest BCUT2D eigenvalue weighted by Gasteiger charge is 2.51. The highest BCUT2D eigenvalue weighted by atomic mass is 15.1. The molecule has 0 radical (unpaired) electrons. The topological polar surface area (TPSA) is 27.0 Å². The molecule has 6 aliphatic rings. The van der Waals surface area contributed by atoms with Crippen molar-refractivity contribution in [1.82, 2.24) is 0 Å². The maximum Gasteiger partial charge on any atom is 0.0998 e. The Morgan fingerprint density at radius 3 is 0.949 bits per heavy atom. The van der Waals surface area contributed by atoms with Gasteiger partial charge in [0.1, 0.15) is 0 Å². The standard InChI is InChI=1S/C37H26N2/c1-39(2)37-35-31-24-15-7-3-11-20(24)29(21-12-4-8-16-25(21)31)33(35)28(19-38)34-30-22-13-5-9-17-26(22)32(36(34)37)27-18-10-6-14-23(27)30/h3-18,29-32H,1-2H3. The largest absolute Gasteiger partial charge is 0.377 e. The van der Waals surface area contributed by atoms with E-state index in [0.717, 1.165) is 5.56 Å². The summed E-state index contributed by atoms with van der Waals surface area (Å²) < 4.78 is 0. The third-order valence-corrected chi connectivity index (χ3v) is 9.82. The number of benzene rings is 5. The van der Waals surface area contributed by atoms with Crippen molar-refractivity contribution >= 4 is 5.69 Å². The molecule has 0 aliphatic heterocycles. The second-order valence-electron chi connectivity index (χ2n) is 11.6. The molecule has 2 nitrogen and oxygen atoms in total. The van der Waals surface area contributed by atoms with Gasteiger partial charge in [-0.15, -0.1) is 0 Å². The summed E-state index contributed by atoms with van der Waals surface area (Å²) in [5, 5.41) is 11.1. The van der Waals surface area contributed by atoms with Gasteiger partial charge in [-0.3, -0.25) is 0 Å². The SMILES string of the molecule is CN(C)c1c2c(c(C#N)c3c1C1c4ccccc4C3c3ccccc31)C1c3ccccc3C2c2ccccc21. The van der Waals surface area contributed by atoms with Crippen LogP contribution in [0.2, 0.25) is 0 Å². The third kappa shape index (κ3) is 2.39. The molecule has 4 bridgehead atoms. The van der Waals surface area contributed by atoms with Crippen LogP contribution in [0.15, 0.2) is 97.1 Å². The molecule has 0 saturated carbocycles. The van der Waals surface area contributed by atoms with Crippen LogP contribution in [0.25, 0.3) is 0 Å². The van der Waals surface area contributed by atoms with E-state index in [9.17, 15) is 5.26 Å². The van der Waals surface area contributed by atoms with Crippen molar-refractivity contribution < 1.29 is 0 Å². The lowest BCUT2D eigenvalue weighted by Crippen LogP contribution is -2.36. The van der Waals surface area contributed by atoms with Gasteiger partial charge in [-0.1, -0.05) is 97.1 Å². The number of anilines is 1. The fraction of sp³-hybridized carbons (Fsp3) is 0.162. The van der Waals surface area contributed by atoms with Crippen molar-refractivity contribution in [3.05, 3.63) is 169 Å². The van der Waals surface area contributed by atoms with Crippen LogP contribution in [0.5, 0.6) is 0 Å². The maximum atomic E-state index is 11.1. The molecule has 2 heteroatoms. The Bertz CT molecular complexity index is 1720. The van der Waals surface area contributed by atoms with Gasteiger partial charge in [0.05, 0.1) is 11.6 Å². The van der Waals surface area contributed by atoms with Gasteiger partial charge < -0.3 is 4.90 Å². The van der Waals surface area contributed by atoms with Crippen LogP contribution in [-0.4, -0.2) is 14.1 Å². The van der Waals surface area contributed by atoms with Crippen molar-refractivity contribution in [3.63, 3.8) is 0 Å². The van der Waals surface area contributed by atoms with Gasteiger partial charge in [-0.05, 0) is 66.8 Å². The number of nitriles is 1. The number of hydrogen-bond donors (Lipinski definition) is 0. The first-order valence-corrected chi connectivity index (χ1v) is 13.9. The minimum Gasteiger partial charge on any atom is -0.377 e. The smallest absolute Gasteiger partial charge is 0.0998 e. The van der Waals surface area contributed by atoms with Crippen LogP contribution in [-0.2, 0) is 0 Å². The van der Waals surface area contributed by atoms with E-state index in [2.05, 4.69) is 122 Å². The van der Waals surface area contributed by atoms with Crippen LogP contribution in [0.1, 0.15) is 96.0 Å². The monoisotopic (exact) mass is 498 g/mol. The van der Waals surface area contributed by atoms with Gasteiger partial charge in [0.15, 0.2) is 0 Å². The molecule has 0 N–H and O–H groups in total. The molecule has 0 heterocycles. The first-order valence-electron chi connectivity index (χ1n) is 13.9. The van der Waals surface area contributed by atoms with Crippen LogP contribution >= 0.6 is 0 Å². The molecule has 0 saturated heterocycles. The molecule has 39 heavy (non-hydrogen) atoms. The zero-order valence-corrected chi connectivity index (χ0v) is 21.9. The van der Waals surface area contributed by atoms with E-state index in [0.29, 0.717) is 0 Å². The zero-order valence-electron chi connectivity index (χ0n) is 21.9. The Morgan fingerprint density at radius 2 is 0.718 bits per heavy atom. The van der Waals surface area contributed by atoms with Crippen LogP contribution in [0, 0.1) is 11.3 Å². The van der Waals surface area contributed by atoms with Crippen LogP contribution in [0.4, 0.5) is 5.69 Å². The van der Waals surface area contributed by atoms with E-state index >= 15 is 0 Å². The lowest BCUT2D eigenvalue weighted by Gasteiger charge is -2.49. The highest BCUT2D eigenvalue weighted by Crippen LogP contribution is 2.65. The molecule has 5 aromatic carbocycles. The summed E-state index contributed by atoms with van der Waals surface area (Å²) in [6.07, 6.45) is 0. The zero-order chi connectivity index (χ0) is 26.0. The number of nitrogens with zero attached hydrogens (tertiary/aromatic N) is 2. The third-order valence-electron chi connectivity index (χ3n) is 9.82. The fourth-order valence-corrected chi connectivity index (χ4v) is 8.66. The van der Waals surface area contributed by atoms with Gasteiger partial charge in [0, 0.05) is 43.5 Å². The molecule has 0 aromatic heterocycles. The normalized spacial score (nSPS) is 21.6. The van der Waals surface area contributed by atoms with Crippen molar-refractivity contribution in [2.75, 3.05) is 19.0 Å². The van der Waals surface area contributed by atoms with Gasteiger partial charge in [-0.2, -0.15) is 5.26 Å². The Balaban J connectivity index is 1.49. The van der Waals surface area contributed by atoms with Crippen LogP contribution < -0.4 is 4.90 Å². The Morgan fingerprint density at radius 1 is 0.462 bits per heavy atom. The summed E-state index contributed by atoms with van der Waals surface area (Å²) in [6, 6.07) is 38.6. The summed E-state index contributed by atoms with van der Waals surface area (Å²) in [5.74, 6) is 0.389. The highest BCUT2D eigenvalue weighted by molar-refractivity contribution is 5.86. The number of hydrogen-bond acceptors (Lipinski definition) is 2. The minimum absolute atomic E-state index is 0.0713. The average Bonchev–Trinajstić information content (AvgIpc) is 2.99. The molecule has 0 amide bonds. The Hall–Kier alpha value is -4.61. The predicted molar refractivity (Wildman–Crippen MR) is 155 cm³/mol. The van der Waals surface area contributed by atoms with Crippen molar-refractivity contribution in [1.29, 1.82) is 5.26 Å². The van der Waals surface area contributed by atoms with Gasteiger partial charge in [0.25, 0.3) is 0 Å². The van der Waals surface area contributed by atoms with Gasteiger partial charge in [-0.25, -0.2) is 0 Å². The predicted octanol–water partition coefficient (Wildman–Crippen LogP) is 7.60. The van der Waals surface area contributed by atoms with E-state index in [4.69, 9.17) is 0 Å². The van der Waals surface area contributed by atoms with E-state index in [-0.39, 0.29) is 23.7 Å². The molecule has 0 unspecified atom stereocenters. The molecular formula is C37H26N2. The summed E-state index contributed by atoms with van der Waals surface area (Å²) in [4.78, 5) is 2.34. The molecule has 6 aliphatic carbocycles. The van der Waals surface area contributed by atoms with Gasteiger partial charge in [0.2, 0.25) is 0 Å². The minimum atomic E-state index is 0.0713. The van der Waals surface area contributed by atoms with E-state index in [1.165, 1.54) is 72.4 Å². The average molecular weight is 499 g/mol. The second kappa shape index (κ2) is 7.28. The molecule has 0 atom stereocenters. The summed E-state index contributed by atoms with van der Waals surface area (Å²) in [7, 11) is 4.39. The van der Waals surface area contributed by atoms with Gasteiger partial charge >= 0.3 is 0 Å². The van der Waals surface area contributed by atoms with Crippen molar-refractivity contribution in [3.8, 4) is 6.07 Å². The fourth-order valence-electron chi connectivity index (χ4n) is 8.66. The first-order chi connectivity index (χ1) is 19.2. The van der Waals surface area contributed by atoms with Crippen LogP contribution in [0.3, 0.4) is 0 Å². The summed E-state index contributed by atoms with van der Waals surface area (Å²) in [6.45, 7) is 0. The molecular weight excluding hydrogens is 472 g/mol. The lowest BCUT2D eigenvalue weighted by atomic mass is 9.54. The summed E-state index contributed by atoms with van der Waals surface area (Å²) >= 11 is 0. The first kappa shape index (κ1) is 21.3. The van der Waals surface area contributed by atoms with Crippen molar-refractivity contribution in [2.24, 2.45) is 0 Å². The summed E-state index contributed by atoms with van der Waals surface area (Å²) in [5.41, 5.74) is 18.4. The van der Waals surface area contributed by atoms with E-state index in [1.54, 1.807) is 0 Å². The molecule has 11 rings (SSSR count). The van der Waals surface area contributed by atoms with E-state index in [1.807, 2.05) is 0 Å². The Labute approximate surface area is 228 Å². The number of rotatable bonds is 1. The molecule has 0 fully saturated rings. The molecule has 0 spiro atoms.